The van der Waals surface area contributed by atoms with E-state index in [2.05, 4.69) is 51.1 Å². The number of aryl methyl sites for hydroxylation is 1. The van der Waals surface area contributed by atoms with Gasteiger partial charge in [-0.15, -0.1) is 0 Å². The second kappa shape index (κ2) is 7.95. The molecule has 2 aromatic heterocycles. The standard InChI is InChI=1S/C24H26N4O2/c1-2-17-16-22(29)25-23-18(6-5-8-19(17)23)10-11-27-12-14-28(15-13-27)24-20-7-3-4-9-21(20)30-26-24/h3-9,16H,2,10-15H2,1H3,(H,25,29). The summed E-state index contributed by atoms with van der Waals surface area (Å²) in [5.41, 5.74) is 4.15. The van der Waals surface area contributed by atoms with Gasteiger partial charge in [0, 0.05) is 44.2 Å². The van der Waals surface area contributed by atoms with E-state index in [1.807, 2.05) is 18.2 Å². The molecule has 6 nitrogen and oxygen atoms in total. The first kappa shape index (κ1) is 18.9. The van der Waals surface area contributed by atoms with Gasteiger partial charge in [-0.1, -0.05) is 42.4 Å². The maximum absolute atomic E-state index is 12.1. The third-order valence-electron chi connectivity index (χ3n) is 6.16. The fourth-order valence-electron chi connectivity index (χ4n) is 4.47. The van der Waals surface area contributed by atoms with E-state index >= 15 is 0 Å². The number of benzene rings is 2. The van der Waals surface area contributed by atoms with E-state index in [1.165, 1.54) is 5.56 Å². The van der Waals surface area contributed by atoms with Gasteiger partial charge >= 0.3 is 0 Å². The highest BCUT2D eigenvalue weighted by atomic mass is 16.5. The molecule has 30 heavy (non-hydrogen) atoms. The molecular weight excluding hydrogens is 376 g/mol. The topological polar surface area (TPSA) is 65.4 Å². The number of H-pyrrole nitrogens is 1. The van der Waals surface area contributed by atoms with Crippen molar-refractivity contribution in [2.45, 2.75) is 19.8 Å². The first-order chi connectivity index (χ1) is 14.7. The van der Waals surface area contributed by atoms with Crippen molar-refractivity contribution in [3.05, 3.63) is 70.0 Å². The van der Waals surface area contributed by atoms with Crippen LogP contribution in [0.5, 0.6) is 0 Å². The number of fused-ring (bicyclic) bond motifs is 2. The molecule has 4 aromatic rings. The molecule has 2 aromatic carbocycles. The van der Waals surface area contributed by atoms with Crippen LogP contribution in [0.15, 0.2) is 57.8 Å². The third-order valence-corrected chi connectivity index (χ3v) is 6.16. The SMILES string of the molecule is CCc1cc(=O)[nH]c2c(CCN3CCN(c4noc5ccccc45)CC3)cccc12. The molecule has 0 unspecified atom stereocenters. The van der Waals surface area contributed by atoms with E-state index in [4.69, 9.17) is 4.52 Å². The lowest BCUT2D eigenvalue weighted by atomic mass is 10.0. The zero-order chi connectivity index (χ0) is 20.5. The lowest BCUT2D eigenvalue weighted by Gasteiger charge is -2.34. The number of hydrogen-bond acceptors (Lipinski definition) is 5. The Kier molecular flexibility index (Phi) is 5.01. The molecule has 0 saturated carbocycles. The van der Waals surface area contributed by atoms with Crippen LogP contribution in [0.2, 0.25) is 0 Å². The molecule has 3 heterocycles. The van der Waals surface area contributed by atoms with Gasteiger partial charge in [0.15, 0.2) is 11.4 Å². The number of aromatic amines is 1. The summed E-state index contributed by atoms with van der Waals surface area (Å²) < 4.78 is 5.47. The lowest BCUT2D eigenvalue weighted by molar-refractivity contribution is 0.259. The second-order valence-electron chi connectivity index (χ2n) is 7.93. The summed E-state index contributed by atoms with van der Waals surface area (Å²) in [6, 6.07) is 16.1. The van der Waals surface area contributed by atoms with Crippen LogP contribution in [0.1, 0.15) is 18.1 Å². The van der Waals surface area contributed by atoms with E-state index in [1.54, 1.807) is 6.07 Å². The number of piperazine rings is 1. The van der Waals surface area contributed by atoms with Crippen molar-refractivity contribution in [3.8, 4) is 0 Å². The average Bonchev–Trinajstić information content (AvgIpc) is 3.21. The molecule has 0 spiro atoms. The molecule has 1 saturated heterocycles. The van der Waals surface area contributed by atoms with Crippen LogP contribution in [-0.2, 0) is 12.8 Å². The number of para-hydroxylation sites is 2. The third kappa shape index (κ3) is 3.48. The Morgan fingerprint density at radius 2 is 1.80 bits per heavy atom. The summed E-state index contributed by atoms with van der Waals surface area (Å²) in [5, 5.41) is 6.54. The second-order valence-corrected chi connectivity index (χ2v) is 7.93. The fourth-order valence-corrected chi connectivity index (χ4v) is 4.47. The van der Waals surface area contributed by atoms with Crippen molar-refractivity contribution in [3.63, 3.8) is 0 Å². The van der Waals surface area contributed by atoms with Crippen molar-refractivity contribution in [1.82, 2.24) is 15.0 Å². The fraction of sp³-hybridized carbons (Fsp3) is 0.333. The quantitative estimate of drug-likeness (QED) is 0.553. The van der Waals surface area contributed by atoms with Crippen molar-refractivity contribution in [1.29, 1.82) is 0 Å². The summed E-state index contributed by atoms with van der Waals surface area (Å²) in [5.74, 6) is 0.948. The number of rotatable bonds is 5. The van der Waals surface area contributed by atoms with Crippen LogP contribution >= 0.6 is 0 Å². The minimum Gasteiger partial charge on any atom is -0.354 e. The first-order valence-corrected chi connectivity index (χ1v) is 10.7. The molecule has 1 fully saturated rings. The van der Waals surface area contributed by atoms with Crippen LogP contribution in [-0.4, -0.2) is 47.8 Å². The van der Waals surface area contributed by atoms with Crippen LogP contribution in [0, 0.1) is 0 Å². The highest BCUT2D eigenvalue weighted by molar-refractivity contribution is 5.88. The van der Waals surface area contributed by atoms with E-state index in [0.29, 0.717) is 0 Å². The largest absolute Gasteiger partial charge is 0.354 e. The van der Waals surface area contributed by atoms with Gasteiger partial charge in [0.2, 0.25) is 5.56 Å². The number of anilines is 1. The van der Waals surface area contributed by atoms with Gasteiger partial charge in [-0.2, -0.15) is 0 Å². The van der Waals surface area contributed by atoms with E-state index < -0.39 is 0 Å². The normalized spacial score (nSPS) is 15.3. The predicted molar refractivity (Wildman–Crippen MR) is 120 cm³/mol. The Morgan fingerprint density at radius 1 is 1.00 bits per heavy atom. The van der Waals surface area contributed by atoms with Crippen molar-refractivity contribution >= 4 is 27.7 Å². The molecule has 0 aliphatic carbocycles. The van der Waals surface area contributed by atoms with Gasteiger partial charge in [-0.3, -0.25) is 9.69 Å². The Bertz CT molecular complexity index is 1230. The zero-order valence-electron chi connectivity index (χ0n) is 17.2. The monoisotopic (exact) mass is 402 g/mol. The molecular formula is C24H26N4O2. The van der Waals surface area contributed by atoms with Gasteiger partial charge in [0.1, 0.15) is 0 Å². The molecule has 5 rings (SSSR count). The number of nitrogens with zero attached hydrogens (tertiary/aromatic N) is 3. The molecule has 1 N–H and O–H groups in total. The van der Waals surface area contributed by atoms with Gasteiger partial charge in [-0.05, 0) is 36.1 Å². The highest BCUT2D eigenvalue weighted by Gasteiger charge is 2.21. The maximum atomic E-state index is 12.1. The summed E-state index contributed by atoms with van der Waals surface area (Å²) in [6.45, 7) is 6.92. The maximum Gasteiger partial charge on any atom is 0.248 e. The molecule has 0 amide bonds. The summed E-state index contributed by atoms with van der Waals surface area (Å²) in [4.78, 5) is 19.9. The van der Waals surface area contributed by atoms with Crippen LogP contribution in [0.25, 0.3) is 21.9 Å². The number of pyridine rings is 1. The minimum absolute atomic E-state index is 0.0137. The van der Waals surface area contributed by atoms with E-state index in [0.717, 1.165) is 78.8 Å². The Labute approximate surface area is 175 Å². The smallest absolute Gasteiger partial charge is 0.248 e. The Hall–Kier alpha value is -3.12. The predicted octanol–water partition coefficient (Wildman–Crippen LogP) is 3.60. The average molecular weight is 402 g/mol. The number of hydrogen-bond donors (Lipinski definition) is 1. The lowest BCUT2D eigenvalue weighted by Crippen LogP contribution is -2.47. The van der Waals surface area contributed by atoms with Gasteiger partial charge in [0.25, 0.3) is 0 Å². The van der Waals surface area contributed by atoms with Crippen LogP contribution < -0.4 is 10.5 Å². The molecule has 1 aliphatic heterocycles. The molecule has 6 heteroatoms. The zero-order valence-corrected chi connectivity index (χ0v) is 17.2. The summed E-state index contributed by atoms with van der Waals surface area (Å²) in [7, 11) is 0. The molecule has 1 aliphatic rings. The van der Waals surface area contributed by atoms with Crippen molar-refractivity contribution in [2.24, 2.45) is 0 Å². The van der Waals surface area contributed by atoms with Gasteiger partial charge in [0.05, 0.1) is 10.9 Å². The first-order valence-electron chi connectivity index (χ1n) is 10.7. The van der Waals surface area contributed by atoms with Gasteiger partial charge in [-0.25, -0.2) is 0 Å². The van der Waals surface area contributed by atoms with Crippen molar-refractivity contribution in [2.75, 3.05) is 37.6 Å². The molecule has 154 valence electrons. The molecule has 0 radical (unpaired) electrons. The van der Waals surface area contributed by atoms with Crippen LogP contribution in [0.3, 0.4) is 0 Å². The minimum atomic E-state index is -0.0137. The number of aromatic nitrogens is 2. The highest BCUT2D eigenvalue weighted by Crippen LogP contribution is 2.26. The number of nitrogens with one attached hydrogen (secondary N) is 1. The summed E-state index contributed by atoms with van der Waals surface area (Å²) >= 11 is 0. The molecule has 0 bridgehead atoms. The summed E-state index contributed by atoms with van der Waals surface area (Å²) in [6.07, 6.45) is 1.79. The Morgan fingerprint density at radius 3 is 2.63 bits per heavy atom. The van der Waals surface area contributed by atoms with Gasteiger partial charge < -0.3 is 14.4 Å². The van der Waals surface area contributed by atoms with E-state index in [-0.39, 0.29) is 5.56 Å². The Balaban J connectivity index is 1.27. The van der Waals surface area contributed by atoms with Crippen LogP contribution in [0.4, 0.5) is 5.82 Å². The molecule has 0 atom stereocenters. The van der Waals surface area contributed by atoms with Crippen molar-refractivity contribution < 1.29 is 4.52 Å². The van der Waals surface area contributed by atoms with E-state index in [9.17, 15) is 4.79 Å².